The maximum atomic E-state index is 6.11. The highest BCUT2D eigenvalue weighted by atomic mass is 35.5. The summed E-state index contributed by atoms with van der Waals surface area (Å²) >= 11 is 13.4. The van der Waals surface area contributed by atoms with Gasteiger partial charge in [-0.05, 0) is 25.5 Å². The van der Waals surface area contributed by atoms with Crippen LogP contribution in [0.1, 0.15) is 37.3 Å². The van der Waals surface area contributed by atoms with Crippen molar-refractivity contribution < 1.29 is 0 Å². The van der Waals surface area contributed by atoms with Gasteiger partial charge in [-0.3, -0.25) is 5.10 Å². The van der Waals surface area contributed by atoms with Crippen LogP contribution in [0.25, 0.3) is 0 Å². The molecule has 0 fully saturated rings. The van der Waals surface area contributed by atoms with Gasteiger partial charge in [0.05, 0.1) is 14.7 Å². The fraction of sp³-hybridized carbons (Fsp3) is 0.400. The summed E-state index contributed by atoms with van der Waals surface area (Å²) in [5.74, 6) is 0.800. The van der Waals surface area contributed by atoms with Gasteiger partial charge < -0.3 is 5.32 Å². The van der Waals surface area contributed by atoms with E-state index in [1.807, 2.05) is 19.9 Å². The van der Waals surface area contributed by atoms with Crippen molar-refractivity contribution in [1.82, 2.24) is 20.5 Å². The molecular weight excluding hydrogens is 279 g/mol. The number of halogens is 2. The Balaban J connectivity index is 2.06. The minimum atomic E-state index is 0.0715. The number of hydrogen-bond acceptors (Lipinski definition) is 4. The van der Waals surface area contributed by atoms with Crippen LogP contribution in [0.5, 0.6) is 0 Å². The second kappa shape index (κ2) is 5.35. The Labute approximate surface area is 113 Å². The number of aromatic amines is 1. The lowest BCUT2D eigenvalue weighted by molar-refractivity contribution is 0.478. The number of H-pyrrole nitrogens is 1. The van der Waals surface area contributed by atoms with E-state index in [1.165, 1.54) is 17.7 Å². The summed E-state index contributed by atoms with van der Waals surface area (Å²) in [6.07, 6.45) is 1.49. The second-order valence-electron chi connectivity index (χ2n) is 3.76. The summed E-state index contributed by atoms with van der Waals surface area (Å²) < 4.78 is 1.42. The molecule has 0 amide bonds. The first kappa shape index (κ1) is 12.8. The van der Waals surface area contributed by atoms with E-state index in [0.29, 0.717) is 4.34 Å². The Morgan fingerprint density at radius 2 is 2.12 bits per heavy atom. The molecule has 2 aromatic rings. The number of aromatic nitrogens is 3. The molecule has 0 saturated heterocycles. The minimum absolute atomic E-state index is 0.0715. The first-order valence-electron chi connectivity index (χ1n) is 5.14. The van der Waals surface area contributed by atoms with Gasteiger partial charge in [-0.1, -0.05) is 23.2 Å². The maximum absolute atomic E-state index is 6.11. The third kappa shape index (κ3) is 2.98. The van der Waals surface area contributed by atoms with E-state index >= 15 is 0 Å². The third-order valence-corrected chi connectivity index (χ3v) is 4.01. The fourth-order valence-corrected chi connectivity index (χ4v) is 3.26. The molecule has 2 aromatic heterocycles. The summed E-state index contributed by atoms with van der Waals surface area (Å²) in [5, 5.41) is 10.0. The third-order valence-electron chi connectivity index (χ3n) is 2.49. The van der Waals surface area contributed by atoms with E-state index in [0.717, 1.165) is 15.7 Å². The highest BCUT2D eigenvalue weighted by Crippen LogP contribution is 2.35. The van der Waals surface area contributed by atoms with Crippen LogP contribution in [-0.2, 0) is 0 Å². The molecule has 0 spiro atoms. The zero-order valence-electron chi connectivity index (χ0n) is 9.37. The molecule has 0 aliphatic rings. The molecule has 0 aliphatic carbocycles. The lowest BCUT2D eigenvalue weighted by Gasteiger charge is -2.17. The molecular formula is C10H12Cl2N4S. The molecule has 2 unspecified atom stereocenters. The van der Waals surface area contributed by atoms with Crippen molar-refractivity contribution in [3.05, 3.63) is 32.5 Å². The minimum Gasteiger partial charge on any atom is -0.301 e. The van der Waals surface area contributed by atoms with Crippen LogP contribution in [0.3, 0.4) is 0 Å². The van der Waals surface area contributed by atoms with Gasteiger partial charge >= 0.3 is 0 Å². The van der Waals surface area contributed by atoms with E-state index in [1.54, 1.807) is 0 Å². The molecule has 0 aromatic carbocycles. The van der Waals surface area contributed by atoms with Gasteiger partial charge in [0, 0.05) is 6.04 Å². The van der Waals surface area contributed by atoms with Gasteiger partial charge in [0.15, 0.2) is 0 Å². The molecule has 7 heteroatoms. The predicted octanol–water partition coefficient (Wildman–Crippen LogP) is 3.58. The Bertz CT molecular complexity index is 482. The Morgan fingerprint density at radius 3 is 2.65 bits per heavy atom. The molecule has 17 heavy (non-hydrogen) atoms. The van der Waals surface area contributed by atoms with Gasteiger partial charge in [-0.15, -0.1) is 11.3 Å². The molecule has 4 nitrogen and oxygen atoms in total. The van der Waals surface area contributed by atoms with E-state index in [4.69, 9.17) is 23.2 Å². The smallest absolute Gasteiger partial charge is 0.141 e. The van der Waals surface area contributed by atoms with Crippen LogP contribution in [0.4, 0.5) is 0 Å². The van der Waals surface area contributed by atoms with Crippen molar-refractivity contribution in [3.63, 3.8) is 0 Å². The quantitative estimate of drug-likeness (QED) is 0.905. The average Bonchev–Trinajstić information content (AvgIpc) is 2.87. The number of rotatable bonds is 4. The highest BCUT2D eigenvalue weighted by molar-refractivity contribution is 7.20. The van der Waals surface area contributed by atoms with Crippen molar-refractivity contribution in [2.24, 2.45) is 0 Å². The fourth-order valence-electron chi connectivity index (χ4n) is 1.62. The molecule has 0 aliphatic heterocycles. The zero-order chi connectivity index (χ0) is 12.4. The summed E-state index contributed by atoms with van der Waals surface area (Å²) in [5.41, 5.74) is 1.01. The van der Waals surface area contributed by atoms with Gasteiger partial charge in [-0.25, -0.2) is 4.98 Å². The molecule has 2 heterocycles. The lowest BCUT2D eigenvalue weighted by atomic mass is 10.1. The van der Waals surface area contributed by atoms with Gasteiger partial charge in [-0.2, -0.15) is 5.10 Å². The van der Waals surface area contributed by atoms with Crippen LogP contribution < -0.4 is 5.32 Å². The van der Waals surface area contributed by atoms with E-state index in [9.17, 15) is 0 Å². The van der Waals surface area contributed by atoms with Crippen molar-refractivity contribution in [3.8, 4) is 0 Å². The maximum Gasteiger partial charge on any atom is 0.141 e. The molecule has 2 rings (SSSR count). The van der Waals surface area contributed by atoms with E-state index in [2.05, 4.69) is 20.5 Å². The molecule has 0 bridgehead atoms. The zero-order valence-corrected chi connectivity index (χ0v) is 11.7. The van der Waals surface area contributed by atoms with Crippen molar-refractivity contribution >= 4 is 34.5 Å². The molecule has 0 saturated carbocycles. The molecule has 92 valence electrons. The van der Waals surface area contributed by atoms with Gasteiger partial charge in [0.1, 0.15) is 12.2 Å². The van der Waals surface area contributed by atoms with E-state index < -0.39 is 0 Å². The van der Waals surface area contributed by atoms with Crippen molar-refractivity contribution in [1.29, 1.82) is 0 Å². The monoisotopic (exact) mass is 290 g/mol. The van der Waals surface area contributed by atoms with Crippen molar-refractivity contribution in [2.75, 3.05) is 0 Å². The van der Waals surface area contributed by atoms with Gasteiger partial charge in [0.2, 0.25) is 0 Å². The summed E-state index contributed by atoms with van der Waals surface area (Å²) in [6.45, 7) is 4.05. The van der Waals surface area contributed by atoms with Crippen molar-refractivity contribution in [2.45, 2.75) is 25.9 Å². The van der Waals surface area contributed by atoms with Crippen LogP contribution in [-0.4, -0.2) is 15.2 Å². The lowest BCUT2D eigenvalue weighted by Crippen LogP contribution is -2.23. The SMILES string of the molecule is CC(NC(C)c1cc(Cl)sc1Cl)c1ncn[nH]1. The van der Waals surface area contributed by atoms with Crippen LogP contribution in [0, 0.1) is 0 Å². The highest BCUT2D eigenvalue weighted by Gasteiger charge is 2.17. The van der Waals surface area contributed by atoms with Crippen LogP contribution >= 0.6 is 34.5 Å². The Morgan fingerprint density at radius 1 is 1.35 bits per heavy atom. The first-order chi connectivity index (χ1) is 8.08. The summed E-state index contributed by atoms with van der Waals surface area (Å²) in [6, 6.07) is 2.06. The standard InChI is InChI=1S/C10H12Cl2N4S/c1-5(7-3-8(11)17-9(7)12)15-6(2)10-13-4-14-16-10/h3-6,15H,1-2H3,(H,13,14,16). The predicted molar refractivity (Wildman–Crippen MR) is 70.7 cm³/mol. The second-order valence-corrected chi connectivity index (χ2v) is 6.05. The summed E-state index contributed by atoms with van der Waals surface area (Å²) in [4.78, 5) is 4.10. The molecule has 0 radical (unpaired) electrons. The van der Waals surface area contributed by atoms with Crippen LogP contribution in [0.15, 0.2) is 12.4 Å². The topological polar surface area (TPSA) is 53.6 Å². The Hall–Kier alpha value is -0.620. The van der Waals surface area contributed by atoms with Gasteiger partial charge in [0.25, 0.3) is 0 Å². The normalized spacial score (nSPS) is 14.8. The number of nitrogens with zero attached hydrogens (tertiary/aromatic N) is 2. The molecule has 2 atom stereocenters. The largest absolute Gasteiger partial charge is 0.301 e. The number of thiophene rings is 1. The Kier molecular flexibility index (Phi) is 4.04. The first-order valence-corrected chi connectivity index (χ1v) is 6.71. The summed E-state index contributed by atoms with van der Waals surface area (Å²) in [7, 11) is 0. The number of nitrogens with one attached hydrogen (secondary N) is 2. The molecule has 2 N–H and O–H groups in total. The van der Waals surface area contributed by atoms with E-state index in [-0.39, 0.29) is 12.1 Å². The number of hydrogen-bond donors (Lipinski definition) is 2. The average molecular weight is 291 g/mol. The van der Waals surface area contributed by atoms with Crippen LogP contribution in [0.2, 0.25) is 8.67 Å².